The van der Waals surface area contributed by atoms with Crippen LogP contribution in [0.15, 0.2) is 24.3 Å². The van der Waals surface area contributed by atoms with E-state index in [1.165, 1.54) is 0 Å². The zero-order chi connectivity index (χ0) is 16.1. The summed E-state index contributed by atoms with van der Waals surface area (Å²) in [4.78, 5) is 23.1. The molecule has 3 N–H and O–H groups in total. The van der Waals surface area contributed by atoms with Gasteiger partial charge in [-0.2, -0.15) is 0 Å². The number of carboxylic acid groups (broad SMARTS) is 1. The summed E-state index contributed by atoms with van der Waals surface area (Å²) in [6.45, 7) is 2.04. The van der Waals surface area contributed by atoms with Gasteiger partial charge in [-0.3, -0.25) is 9.59 Å². The summed E-state index contributed by atoms with van der Waals surface area (Å²) < 4.78 is 0. The van der Waals surface area contributed by atoms with Crippen LogP contribution >= 0.6 is 0 Å². The average Bonchev–Trinajstić information content (AvgIpc) is 2.53. The average molecular weight is 303 g/mol. The van der Waals surface area contributed by atoms with Crippen molar-refractivity contribution in [2.24, 2.45) is 17.6 Å². The molecule has 1 atom stereocenters. The second kappa shape index (κ2) is 7.54. The number of carbonyl (C=O) groups excluding carboxylic acids is 1. The molecule has 0 aromatic heterocycles. The number of nitrogens with two attached hydrogens (primary N) is 1. The highest BCUT2D eigenvalue weighted by atomic mass is 16.4. The van der Waals surface area contributed by atoms with Crippen molar-refractivity contribution in [3.63, 3.8) is 0 Å². The predicted molar refractivity (Wildman–Crippen MR) is 85.8 cm³/mol. The highest BCUT2D eigenvalue weighted by Gasteiger charge is 2.28. The third-order valence-corrected chi connectivity index (χ3v) is 4.75. The van der Waals surface area contributed by atoms with Crippen LogP contribution in [0.3, 0.4) is 0 Å². The van der Waals surface area contributed by atoms with Crippen molar-refractivity contribution in [2.75, 3.05) is 0 Å². The Balaban J connectivity index is 1.91. The monoisotopic (exact) mass is 303 g/mol. The van der Waals surface area contributed by atoms with E-state index in [-0.39, 0.29) is 24.2 Å². The zero-order valence-corrected chi connectivity index (χ0v) is 13.1. The maximum absolute atomic E-state index is 12.5. The zero-order valence-electron chi connectivity index (χ0n) is 13.1. The Kier molecular flexibility index (Phi) is 5.72. The van der Waals surface area contributed by atoms with Crippen LogP contribution in [0.5, 0.6) is 0 Å². The number of benzene rings is 1. The number of hydrogen-bond donors (Lipinski definition) is 2. The summed E-state index contributed by atoms with van der Waals surface area (Å²) in [6, 6.07) is 7.60. The number of carboxylic acids is 1. The largest absolute Gasteiger partial charge is 0.481 e. The third-order valence-electron chi connectivity index (χ3n) is 4.75. The predicted octanol–water partition coefficient (Wildman–Crippen LogP) is 3.04. The van der Waals surface area contributed by atoms with Crippen LogP contribution in [0.25, 0.3) is 0 Å². The first kappa shape index (κ1) is 16.7. The highest BCUT2D eigenvalue weighted by molar-refractivity contribution is 5.97. The first-order chi connectivity index (χ1) is 10.5. The molecular formula is C18H25NO3. The number of rotatable bonds is 6. The van der Waals surface area contributed by atoms with Gasteiger partial charge < -0.3 is 10.8 Å². The van der Waals surface area contributed by atoms with Gasteiger partial charge in [0.2, 0.25) is 0 Å². The van der Waals surface area contributed by atoms with Crippen molar-refractivity contribution < 1.29 is 14.7 Å². The fourth-order valence-electron chi connectivity index (χ4n) is 3.23. The van der Waals surface area contributed by atoms with Crippen LogP contribution in [0.4, 0.5) is 0 Å². The maximum Gasteiger partial charge on any atom is 0.303 e. The van der Waals surface area contributed by atoms with Gasteiger partial charge in [0.1, 0.15) is 0 Å². The topological polar surface area (TPSA) is 80.4 Å². The second-order valence-electron chi connectivity index (χ2n) is 6.43. The van der Waals surface area contributed by atoms with E-state index in [9.17, 15) is 9.59 Å². The van der Waals surface area contributed by atoms with Gasteiger partial charge in [0, 0.05) is 23.9 Å². The fraction of sp³-hybridized carbons (Fsp3) is 0.556. The first-order valence-corrected chi connectivity index (χ1v) is 8.08. The molecule has 1 aromatic rings. The molecule has 1 aromatic carbocycles. The van der Waals surface area contributed by atoms with Crippen LogP contribution in [0, 0.1) is 11.8 Å². The van der Waals surface area contributed by atoms with Crippen LogP contribution in [0.1, 0.15) is 54.9 Å². The Morgan fingerprint density at radius 1 is 1.18 bits per heavy atom. The molecule has 1 fully saturated rings. The minimum absolute atomic E-state index is 0.111. The number of Topliss-reactive ketones (excluding diaryl/α,β-unsaturated/α-hetero) is 1. The van der Waals surface area contributed by atoms with Gasteiger partial charge in [-0.25, -0.2) is 0 Å². The molecule has 4 heteroatoms. The van der Waals surface area contributed by atoms with Gasteiger partial charge in [0.15, 0.2) is 5.78 Å². The molecule has 120 valence electrons. The lowest BCUT2D eigenvalue weighted by molar-refractivity contribution is -0.136. The number of hydrogen-bond acceptors (Lipinski definition) is 3. The Hall–Kier alpha value is -1.68. The summed E-state index contributed by atoms with van der Waals surface area (Å²) in [5, 5.41) is 8.69. The molecule has 1 aliphatic carbocycles. The smallest absolute Gasteiger partial charge is 0.303 e. The molecule has 0 bridgehead atoms. The van der Waals surface area contributed by atoms with Crippen LogP contribution in [0.2, 0.25) is 0 Å². The van der Waals surface area contributed by atoms with Crippen molar-refractivity contribution in [1.29, 1.82) is 0 Å². The summed E-state index contributed by atoms with van der Waals surface area (Å²) >= 11 is 0. The lowest BCUT2D eigenvalue weighted by atomic mass is 9.76. The van der Waals surface area contributed by atoms with Gasteiger partial charge in [-0.05, 0) is 50.5 Å². The summed E-state index contributed by atoms with van der Waals surface area (Å²) in [5.74, 6) is 0.0706. The molecule has 0 radical (unpaired) electrons. The first-order valence-electron chi connectivity index (χ1n) is 8.08. The summed E-state index contributed by atoms with van der Waals surface area (Å²) in [5.41, 5.74) is 7.64. The SMILES string of the molecule is CC(N)C1CCC(C(=O)c2ccc(CCC(=O)O)cc2)CC1. The van der Waals surface area contributed by atoms with Crippen LogP contribution < -0.4 is 5.73 Å². The van der Waals surface area contributed by atoms with E-state index in [1.807, 2.05) is 31.2 Å². The van der Waals surface area contributed by atoms with E-state index < -0.39 is 5.97 Å². The molecule has 1 unspecified atom stereocenters. The third kappa shape index (κ3) is 4.41. The Labute approximate surface area is 131 Å². The van der Waals surface area contributed by atoms with Gasteiger partial charge in [-0.1, -0.05) is 24.3 Å². The van der Waals surface area contributed by atoms with Crippen molar-refractivity contribution in [2.45, 2.75) is 51.5 Å². The quantitative estimate of drug-likeness (QED) is 0.792. The second-order valence-corrected chi connectivity index (χ2v) is 6.43. The number of carbonyl (C=O) groups is 2. The van der Waals surface area contributed by atoms with Gasteiger partial charge in [-0.15, -0.1) is 0 Å². The molecular weight excluding hydrogens is 278 g/mol. The molecule has 4 nitrogen and oxygen atoms in total. The molecule has 0 saturated heterocycles. The number of aliphatic carboxylic acids is 1. The normalized spacial score (nSPS) is 23.0. The van der Waals surface area contributed by atoms with Crippen molar-refractivity contribution in [3.8, 4) is 0 Å². The van der Waals surface area contributed by atoms with E-state index in [0.29, 0.717) is 12.3 Å². The van der Waals surface area contributed by atoms with E-state index in [0.717, 1.165) is 36.8 Å². The molecule has 0 aliphatic heterocycles. The van der Waals surface area contributed by atoms with Crippen molar-refractivity contribution in [1.82, 2.24) is 0 Å². The Morgan fingerprint density at radius 3 is 2.27 bits per heavy atom. The van der Waals surface area contributed by atoms with Crippen molar-refractivity contribution in [3.05, 3.63) is 35.4 Å². The van der Waals surface area contributed by atoms with Crippen molar-refractivity contribution >= 4 is 11.8 Å². The maximum atomic E-state index is 12.5. The molecule has 1 saturated carbocycles. The number of ketones is 1. The molecule has 1 aliphatic rings. The molecule has 2 rings (SSSR count). The minimum atomic E-state index is -0.800. The van der Waals surface area contributed by atoms with E-state index in [1.54, 1.807) is 0 Å². The van der Waals surface area contributed by atoms with Gasteiger partial charge in [0.05, 0.1) is 0 Å². The van der Waals surface area contributed by atoms with Gasteiger partial charge in [0.25, 0.3) is 0 Å². The van der Waals surface area contributed by atoms with Crippen LogP contribution in [-0.2, 0) is 11.2 Å². The summed E-state index contributed by atoms with van der Waals surface area (Å²) in [7, 11) is 0. The molecule has 0 amide bonds. The van der Waals surface area contributed by atoms with E-state index in [2.05, 4.69) is 0 Å². The Morgan fingerprint density at radius 2 is 1.77 bits per heavy atom. The minimum Gasteiger partial charge on any atom is -0.481 e. The standard InChI is InChI=1S/C18H25NO3/c1-12(19)14-7-9-16(10-8-14)18(22)15-5-2-13(3-6-15)4-11-17(20)21/h2-3,5-6,12,14,16H,4,7-11,19H2,1H3,(H,20,21). The number of aryl methyl sites for hydroxylation is 1. The Bertz CT molecular complexity index is 514. The van der Waals surface area contributed by atoms with E-state index in [4.69, 9.17) is 10.8 Å². The lowest BCUT2D eigenvalue weighted by Gasteiger charge is -2.30. The molecule has 0 spiro atoms. The molecule has 0 heterocycles. The highest BCUT2D eigenvalue weighted by Crippen LogP contribution is 2.32. The lowest BCUT2D eigenvalue weighted by Crippen LogP contribution is -2.32. The van der Waals surface area contributed by atoms with Crippen LogP contribution in [-0.4, -0.2) is 22.9 Å². The summed E-state index contributed by atoms with van der Waals surface area (Å²) in [6.07, 6.45) is 4.53. The molecule has 22 heavy (non-hydrogen) atoms. The fourth-order valence-corrected chi connectivity index (χ4v) is 3.23. The van der Waals surface area contributed by atoms with E-state index >= 15 is 0 Å². The van der Waals surface area contributed by atoms with Gasteiger partial charge >= 0.3 is 5.97 Å².